The monoisotopic (exact) mass is 246 g/mol. The molecule has 98 valence electrons. The zero-order valence-electron chi connectivity index (χ0n) is 11.3. The van der Waals surface area contributed by atoms with Crippen molar-refractivity contribution in [2.75, 3.05) is 24.5 Å². The first-order chi connectivity index (χ1) is 8.70. The molecule has 1 aromatic rings. The van der Waals surface area contributed by atoms with Crippen LogP contribution >= 0.6 is 0 Å². The third-order valence-corrected chi connectivity index (χ3v) is 3.41. The molecule has 1 amide bonds. The highest BCUT2D eigenvalue weighted by Crippen LogP contribution is 2.27. The van der Waals surface area contributed by atoms with Crippen molar-refractivity contribution < 1.29 is 4.79 Å². The SMILES string of the molecule is CC(C)c1ccccc1N1CCCCNCC1=O. The summed E-state index contributed by atoms with van der Waals surface area (Å²) in [6.45, 7) is 6.58. The number of hydrogen-bond donors (Lipinski definition) is 1. The second kappa shape index (κ2) is 6.01. The third kappa shape index (κ3) is 2.91. The highest BCUT2D eigenvalue weighted by molar-refractivity contribution is 5.95. The number of para-hydroxylation sites is 1. The van der Waals surface area contributed by atoms with Crippen molar-refractivity contribution in [1.29, 1.82) is 0 Å². The number of benzene rings is 1. The van der Waals surface area contributed by atoms with E-state index >= 15 is 0 Å². The van der Waals surface area contributed by atoms with Crippen LogP contribution in [0.25, 0.3) is 0 Å². The smallest absolute Gasteiger partial charge is 0.240 e. The highest BCUT2D eigenvalue weighted by atomic mass is 16.2. The Bertz CT molecular complexity index is 415. The van der Waals surface area contributed by atoms with E-state index in [9.17, 15) is 4.79 Å². The fourth-order valence-electron chi connectivity index (χ4n) is 2.41. The summed E-state index contributed by atoms with van der Waals surface area (Å²) >= 11 is 0. The Morgan fingerprint density at radius 1 is 1.22 bits per heavy atom. The average Bonchev–Trinajstić information content (AvgIpc) is 2.34. The van der Waals surface area contributed by atoms with Gasteiger partial charge in [0.15, 0.2) is 0 Å². The summed E-state index contributed by atoms with van der Waals surface area (Å²) in [5.41, 5.74) is 2.34. The lowest BCUT2D eigenvalue weighted by atomic mass is 10.00. The predicted molar refractivity (Wildman–Crippen MR) is 75.0 cm³/mol. The van der Waals surface area contributed by atoms with Gasteiger partial charge >= 0.3 is 0 Å². The van der Waals surface area contributed by atoms with Gasteiger partial charge in [0.25, 0.3) is 0 Å². The zero-order valence-corrected chi connectivity index (χ0v) is 11.3. The first-order valence-electron chi connectivity index (χ1n) is 6.80. The van der Waals surface area contributed by atoms with Gasteiger partial charge in [-0.15, -0.1) is 0 Å². The molecule has 0 spiro atoms. The van der Waals surface area contributed by atoms with Crippen molar-refractivity contribution in [3.63, 3.8) is 0 Å². The van der Waals surface area contributed by atoms with Crippen molar-refractivity contribution >= 4 is 11.6 Å². The molecule has 1 aliphatic rings. The first kappa shape index (κ1) is 13.1. The number of carbonyl (C=O) groups excluding carboxylic acids is 1. The van der Waals surface area contributed by atoms with Gasteiger partial charge in [0.2, 0.25) is 5.91 Å². The number of hydrogen-bond acceptors (Lipinski definition) is 2. The van der Waals surface area contributed by atoms with Gasteiger partial charge in [-0.1, -0.05) is 32.0 Å². The number of anilines is 1. The van der Waals surface area contributed by atoms with E-state index < -0.39 is 0 Å². The molecule has 2 rings (SSSR count). The van der Waals surface area contributed by atoms with Crippen LogP contribution in [0.1, 0.15) is 38.2 Å². The van der Waals surface area contributed by atoms with Gasteiger partial charge in [0.05, 0.1) is 6.54 Å². The molecular weight excluding hydrogens is 224 g/mol. The van der Waals surface area contributed by atoms with Crippen LogP contribution in [0, 0.1) is 0 Å². The molecule has 1 fully saturated rings. The fourth-order valence-corrected chi connectivity index (χ4v) is 2.41. The van der Waals surface area contributed by atoms with E-state index in [1.54, 1.807) is 0 Å². The molecule has 1 aromatic carbocycles. The molecule has 0 unspecified atom stereocenters. The Hall–Kier alpha value is -1.35. The molecule has 18 heavy (non-hydrogen) atoms. The molecule has 0 saturated carbocycles. The van der Waals surface area contributed by atoms with E-state index in [0.29, 0.717) is 12.5 Å². The van der Waals surface area contributed by atoms with Crippen molar-refractivity contribution in [3.8, 4) is 0 Å². The van der Waals surface area contributed by atoms with E-state index in [2.05, 4.69) is 31.3 Å². The highest BCUT2D eigenvalue weighted by Gasteiger charge is 2.20. The summed E-state index contributed by atoms with van der Waals surface area (Å²) in [6, 6.07) is 8.25. The molecule has 0 aromatic heterocycles. The standard InChI is InChI=1S/C15H22N2O/c1-12(2)13-7-3-4-8-14(13)17-10-6-5-9-16-11-15(17)18/h3-4,7-8,12,16H,5-6,9-11H2,1-2H3. The van der Waals surface area contributed by atoms with Crippen molar-refractivity contribution in [1.82, 2.24) is 5.32 Å². The van der Waals surface area contributed by atoms with Gasteiger partial charge in [-0.2, -0.15) is 0 Å². The molecule has 1 heterocycles. The van der Waals surface area contributed by atoms with Gasteiger partial charge < -0.3 is 10.2 Å². The molecule has 0 bridgehead atoms. The number of nitrogens with zero attached hydrogens (tertiary/aromatic N) is 1. The van der Waals surface area contributed by atoms with Crippen molar-refractivity contribution in [3.05, 3.63) is 29.8 Å². The van der Waals surface area contributed by atoms with Gasteiger partial charge in [-0.3, -0.25) is 4.79 Å². The summed E-state index contributed by atoms with van der Waals surface area (Å²) in [5.74, 6) is 0.621. The van der Waals surface area contributed by atoms with E-state index in [-0.39, 0.29) is 5.91 Å². The lowest BCUT2D eigenvalue weighted by Crippen LogP contribution is -2.41. The maximum Gasteiger partial charge on any atom is 0.240 e. The Balaban J connectivity index is 2.30. The minimum Gasteiger partial charge on any atom is -0.311 e. The lowest BCUT2D eigenvalue weighted by Gasteiger charge is -2.28. The van der Waals surface area contributed by atoms with Crippen LogP contribution in [0.3, 0.4) is 0 Å². The van der Waals surface area contributed by atoms with Crippen LogP contribution < -0.4 is 10.2 Å². The molecule has 0 atom stereocenters. The van der Waals surface area contributed by atoms with Crippen LogP contribution in [0.4, 0.5) is 5.69 Å². The second-order valence-corrected chi connectivity index (χ2v) is 5.14. The molecule has 3 nitrogen and oxygen atoms in total. The second-order valence-electron chi connectivity index (χ2n) is 5.14. The van der Waals surface area contributed by atoms with E-state index in [1.165, 1.54) is 5.56 Å². The Morgan fingerprint density at radius 2 is 2.00 bits per heavy atom. The number of nitrogens with one attached hydrogen (secondary N) is 1. The minimum absolute atomic E-state index is 0.183. The van der Waals surface area contributed by atoms with Gasteiger partial charge in [-0.05, 0) is 36.9 Å². The van der Waals surface area contributed by atoms with Gasteiger partial charge in [0, 0.05) is 12.2 Å². The summed E-state index contributed by atoms with van der Waals surface area (Å²) in [4.78, 5) is 14.2. The first-order valence-corrected chi connectivity index (χ1v) is 6.80. The van der Waals surface area contributed by atoms with Crippen LogP contribution in [-0.4, -0.2) is 25.5 Å². The average molecular weight is 246 g/mol. The topological polar surface area (TPSA) is 32.3 Å². The van der Waals surface area contributed by atoms with E-state index in [4.69, 9.17) is 0 Å². The van der Waals surface area contributed by atoms with E-state index in [0.717, 1.165) is 31.6 Å². The molecule has 1 aliphatic heterocycles. The fraction of sp³-hybridized carbons (Fsp3) is 0.533. The minimum atomic E-state index is 0.183. The maximum atomic E-state index is 12.2. The maximum absolute atomic E-state index is 12.2. The lowest BCUT2D eigenvalue weighted by molar-refractivity contribution is -0.118. The number of carbonyl (C=O) groups is 1. The summed E-state index contributed by atoms with van der Waals surface area (Å²) < 4.78 is 0. The number of rotatable bonds is 2. The van der Waals surface area contributed by atoms with Crippen LogP contribution in [-0.2, 0) is 4.79 Å². The zero-order chi connectivity index (χ0) is 13.0. The summed E-state index contributed by atoms with van der Waals surface area (Å²) in [5, 5.41) is 3.19. The molecular formula is C15H22N2O. The van der Waals surface area contributed by atoms with E-state index in [1.807, 2.05) is 17.0 Å². The molecule has 1 saturated heterocycles. The van der Waals surface area contributed by atoms with Crippen LogP contribution in [0.15, 0.2) is 24.3 Å². The normalized spacial score (nSPS) is 17.7. The Labute approximate surface area is 109 Å². The van der Waals surface area contributed by atoms with Gasteiger partial charge in [0.1, 0.15) is 0 Å². The molecule has 3 heteroatoms. The quantitative estimate of drug-likeness (QED) is 0.869. The molecule has 0 radical (unpaired) electrons. The Morgan fingerprint density at radius 3 is 2.78 bits per heavy atom. The summed E-state index contributed by atoms with van der Waals surface area (Å²) in [6.07, 6.45) is 2.19. The molecule has 1 N–H and O–H groups in total. The Kier molecular flexibility index (Phi) is 4.37. The van der Waals surface area contributed by atoms with Crippen molar-refractivity contribution in [2.24, 2.45) is 0 Å². The summed E-state index contributed by atoms with van der Waals surface area (Å²) in [7, 11) is 0. The largest absolute Gasteiger partial charge is 0.311 e. The number of amides is 1. The van der Waals surface area contributed by atoms with Crippen LogP contribution in [0.2, 0.25) is 0 Å². The van der Waals surface area contributed by atoms with Crippen molar-refractivity contribution in [2.45, 2.75) is 32.6 Å². The third-order valence-electron chi connectivity index (χ3n) is 3.41. The molecule has 0 aliphatic carbocycles. The van der Waals surface area contributed by atoms with Crippen LogP contribution in [0.5, 0.6) is 0 Å². The van der Waals surface area contributed by atoms with Gasteiger partial charge in [-0.25, -0.2) is 0 Å². The predicted octanol–water partition coefficient (Wildman–Crippen LogP) is 2.53.